The lowest BCUT2D eigenvalue weighted by Gasteiger charge is -2.24. The summed E-state index contributed by atoms with van der Waals surface area (Å²) in [5, 5.41) is 1.06. The van der Waals surface area contributed by atoms with Gasteiger partial charge in [-0.1, -0.05) is 59.2 Å². The molecule has 3 aromatic carbocycles. The summed E-state index contributed by atoms with van der Waals surface area (Å²) in [5.74, 6) is -0.758. The van der Waals surface area contributed by atoms with Crippen molar-refractivity contribution >= 4 is 58.2 Å². The Labute approximate surface area is 195 Å². The van der Waals surface area contributed by atoms with E-state index < -0.39 is 0 Å². The number of hydrogen-bond acceptors (Lipinski definition) is 4. The average Bonchev–Trinajstić information content (AvgIpc) is 3.01. The first kappa shape index (κ1) is 21.5. The van der Waals surface area contributed by atoms with Crippen LogP contribution in [0.3, 0.4) is 0 Å². The van der Waals surface area contributed by atoms with Crippen molar-refractivity contribution in [3.63, 3.8) is 0 Å². The fourth-order valence-electron chi connectivity index (χ4n) is 3.38. The number of carbonyl (C=O) groups excluding carboxylic acids is 2. The summed E-state index contributed by atoms with van der Waals surface area (Å²) in [7, 11) is 0. The van der Waals surface area contributed by atoms with Crippen molar-refractivity contribution < 1.29 is 9.59 Å². The smallest absolute Gasteiger partial charge is 0.283 e. The van der Waals surface area contributed by atoms with Crippen molar-refractivity contribution in [1.29, 1.82) is 0 Å². The first-order valence-corrected chi connectivity index (χ1v) is 11.2. The van der Waals surface area contributed by atoms with Crippen molar-refractivity contribution in [2.75, 3.05) is 16.3 Å². The fourth-order valence-corrected chi connectivity index (χ4v) is 4.67. The maximum Gasteiger partial charge on any atom is 0.283 e. The number of rotatable bonds is 6. The molecule has 0 fully saturated rings. The van der Waals surface area contributed by atoms with Gasteiger partial charge in [-0.3, -0.25) is 9.59 Å². The number of halogens is 2. The van der Waals surface area contributed by atoms with Gasteiger partial charge in [0.15, 0.2) is 0 Å². The van der Waals surface area contributed by atoms with Crippen LogP contribution in [0.4, 0.5) is 11.4 Å². The van der Waals surface area contributed by atoms with Gasteiger partial charge in [-0.2, -0.15) is 0 Å². The van der Waals surface area contributed by atoms with Crippen molar-refractivity contribution in [2.45, 2.75) is 11.8 Å². The Balaban J connectivity index is 1.83. The number of hydrogen-bond donors (Lipinski definition) is 0. The van der Waals surface area contributed by atoms with E-state index in [0.29, 0.717) is 32.9 Å². The molecule has 1 aliphatic rings. The minimum Gasteiger partial charge on any atom is -0.336 e. The molecule has 31 heavy (non-hydrogen) atoms. The van der Waals surface area contributed by atoms with E-state index in [-0.39, 0.29) is 11.8 Å². The normalized spacial score (nSPS) is 13.8. The summed E-state index contributed by atoms with van der Waals surface area (Å²) in [4.78, 5) is 31.3. The number of imide groups is 1. The third-order valence-corrected chi connectivity index (χ3v) is 6.34. The lowest BCUT2D eigenvalue weighted by molar-refractivity contribution is -0.120. The summed E-state index contributed by atoms with van der Waals surface area (Å²) in [5.41, 5.74) is 1.62. The second-order valence-electron chi connectivity index (χ2n) is 6.74. The van der Waals surface area contributed by atoms with Crippen LogP contribution in [0.1, 0.15) is 6.92 Å². The van der Waals surface area contributed by atoms with Crippen LogP contribution in [0.25, 0.3) is 0 Å². The first-order chi connectivity index (χ1) is 15.0. The van der Waals surface area contributed by atoms with Gasteiger partial charge < -0.3 is 4.90 Å². The van der Waals surface area contributed by atoms with Gasteiger partial charge in [-0.25, -0.2) is 4.90 Å². The first-order valence-electron chi connectivity index (χ1n) is 9.64. The molecule has 7 heteroatoms. The zero-order valence-electron chi connectivity index (χ0n) is 16.6. The fraction of sp³-hybridized carbons (Fsp3) is 0.0833. The van der Waals surface area contributed by atoms with E-state index in [9.17, 15) is 9.59 Å². The molecule has 0 N–H and O–H groups in total. The summed E-state index contributed by atoms with van der Waals surface area (Å²) >= 11 is 13.4. The topological polar surface area (TPSA) is 40.6 Å². The van der Waals surface area contributed by atoms with Crippen molar-refractivity contribution in [1.82, 2.24) is 0 Å². The summed E-state index contributed by atoms with van der Waals surface area (Å²) in [6.07, 6.45) is 0. The predicted molar refractivity (Wildman–Crippen MR) is 128 cm³/mol. The Morgan fingerprint density at radius 1 is 0.839 bits per heavy atom. The lowest BCUT2D eigenvalue weighted by atomic mass is 10.2. The molecule has 4 nitrogen and oxygen atoms in total. The van der Waals surface area contributed by atoms with Crippen LogP contribution in [-0.4, -0.2) is 18.4 Å². The van der Waals surface area contributed by atoms with Crippen LogP contribution in [-0.2, 0) is 9.59 Å². The molecular formula is C24H18Cl2N2O2S. The molecule has 0 aliphatic carbocycles. The molecule has 0 bridgehead atoms. The van der Waals surface area contributed by atoms with E-state index in [0.717, 1.165) is 10.6 Å². The number of benzene rings is 3. The third kappa shape index (κ3) is 4.35. The number of carbonyl (C=O) groups is 2. The molecular weight excluding hydrogens is 451 g/mol. The van der Waals surface area contributed by atoms with Crippen LogP contribution in [0, 0.1) is 0 Å². The van der Waals surface area contributed by atoms with Crippen LogP contribution >= 0.6 is 35.0 Å². The van der Waals surface area contributed by atoms with Gasteiger partial charge in [-0.05, 0) is 61.5 Å². The maximum absolute atomic E-state index is 13.6. The highest BCUT2D eigenvalue weighted by atomic mass is 35.5. The van der Waals surface area contributed by atoms with Crippen LogP contribution in [0.5, 0.6) is 0 Å². The van der Waals surface area contributed by atoms with E-state index in [1.54, 1.807) is 36.4 Å². The molecule has 4 rings (SSSR count). The molecule has 1 heterocycles. The van der Waals surface area contributed by atoms with Gasteiger partial charge in [-0.15, -0.1) is 0 Å². The van der Waals surface area contributed by atoms with Crippen LogP contribution in [0.2, 0.25) is 10.0 Å². The Bertz CT molecular complexity index is 1160. The maximum atomic E-state index is 13.6. The largest absolute Gasteiger partial charge is 0.336 e. The number of para-hydroxylation sites is 1. The minimum absolute atomic E-state index is 0.346. The van der Waals surface area contributed by atoms with E-state index in [1.165, 1.54) is 16.7 Å². The SMILES string of the molecule is CCN(C1=C(Sc2ccc(Cl)cc2)C(=O)N(c2cccc(Cl)c2)C1=O)c1ccccc1. The lowest BCUT2D eigenvalue weighted by Crippen LogP contribution is -2.35. The van der Waals surface area contributed by atoms with Gasteiger partial charge in [0.05, 0.1) is 5.69 Å². The standard InChI is InChI=1S/C24H18Cl2N2O2S/c1-2-27(18-8-4-3-5-9-18)21-22(31-20-13-11-16(25)12-14-20)24(30)28(23(21)29)19-10-6-7-17(26)15-19/h3-15H,2H2,1H3. The van der Waals surface area contributed by atoms with Gasteiger partial charge in [0.2, 0.25) is 0 Å². The van der Waals surface area contributed by atoms with Gasteiger partial charge in [0, 0.05) is 27.2 Å². The quantitative estimate of drug-likeness (QED) is 0.392. The third-order valence-electron chi connectivity index (χ3n) is 4.77. The number of likely N-dealkylation sites (N-methyl/N-ethyl adjacent to an activating group) is 1. The molecule has 156 valence electrons. The molecule has 2 amide bonds. The Morgan fingerprint density at radius 3 is 2.19 bits per heavy atom. The zero-order chi connectivity index (χ0) is 22.0. The predicted octanol–water partition coefficient (Wildman–Crippen LogP) is 6.40. The molecule has 0 unspecified atom stereocenters. The van der Waals surface area contributed by atoms with Gasteiger partial charge in [0.1, 0.15) is 10.6 Å². The van der Waals surface area contributed by atoms with E-state index in [1.807, 2.05) is 54.3 Å². The number of nitrogens with zero attached hydrogens (tertiary/aromatic N) is 2. The number of thioether (sulfide) groups is 1. The Kier molecular flexibility index (Phi) is 6.37. The highest BCUT2D eigenvalue weighted by molar-refractivity contribution is 8.04. The second kappa shape index (κ2) is 9.18. The molecule has 3 aromatic rings. The van der Waals surface area contributed by atoms with Gasteiger partial charge in [0.25, 0.3) is 11.8 Å². The minimum atomic E-state index is -0.380. The highest BCUT2D eigenvalue weighted by Crippen LogP contribution is 2.40. The molecule has 1 aliphatic heterocycles. The molecule has 0 saturated carbocycles. The monoisotopic (exact) mass is 468 g/mol. The van der Waals surface area contributed by atoms with E-state index in [4.69, 9.17) is 23.2 Å². The summed E-state index contributed by atoms with van der Waals surface area (Å²) < 4.78 is 0. The molecule has 0 aromatic heterocycles. The van der Waals surface area contributed by atoms with Crippen molar-refractivity contribution in [3.8, 4) is 0 Å². The number of amides is 2. The summed E-state index contributed by atoms with van der Waals surface area (Å²) in [6.45, 7) is 2.47. The average molecular weight is 469 g/mol. The number of anilines is 2. The molecule has 0 spiro atoms. The molecule has 0 saturated heterocycles. The van der Waals surface area contributed by atoms with E-state index in [2.05, 4.69) is 0 Å². The molecule has 0 radical (unpaired) electrons. The zero-order valence-corrected chi connectivity index (χ0v) is 18.9. The molecule has 0 atom stereocenters. The second-order valence-corrected chi connectivity index (χ2v) is 8.70. The van der Waals surface area contributed by atoms with Crippen molar-refractivity contribution in [3.05, 3.63) is 99.5 Å². The summed E-state index contributed by atoms with van der Waals surface area (Å²) in [6, 6.07) is 23.5. The van der Waals surface area contributed by atoms with Crippen LogP contribution < -0.4 is 9.80 Å². The van der Waals surface area contributed by atoms with E-state index >= 15 is 0 Å². The Morgan fingerprint density at radius 2 is 1.55 bits per heavy atom. The highest BCUT2D eigenvalue weighted by Gasteiger charge is 2.42. The van der Waals surface area contributed by atoms with Gasteiger partial charge >= 0.3 is 0 Å². The Hall–Kier alpha value is -2.73. The van der Waals surface area contributed by atoms with Crippen LogP contribution in [0.15, 0.2) is 94.4 Å². The van der Waals surface area contributed by atoms with Crippen molar-refractivity contribution in [2.24, 2.45) is 0 Å².